The Hall–Kier alpha value is -5.93. The number of amides is 1. The Morgan fingerprint density at radius 1 is 0.630 bits per heavy atom. The van der Waals surface area contributed by atoms with Crippen molar-refractivity contribution in [2.45, 2.75) is 99.0 Å². The molecule has 0 aliphatic carbocycles. The zero-order valence-corrected chi connectivity index (χ0v) is 42.6. The number of carbonyl (C=O) groups is 3. The molecule has 0 radical (unpaired) electrons. The van der Waals surface area contributed by atoms with Gasteiger partial charge in [0.15, 0.2) is 5.78 Å². The van der Waals surface area contributed by atoms with Gasteiger partial charge >= 0.3 is 0 Å². The number of carbonyl (C=O) groups excluding carboxylic acids is 3. The van der Waals surface area contributed by atoms with Gasteiger partial charge in [-0.1, -0.05) is 120 Å². The summed E-state index contributed by atoms with van der Waals surface area (Å²) in [5.74, 6) is 8.57. The van der Waals surface area contributed by atoms with E-state index in [9.17, 15) is 31.9 Å². The molecule has 0 saturated heterocycles. The summed E-state index contributed by atoms with van der Waals surface area (Å²) >= 11 is 0. The maximum atomic E-state index is 13.1. The number of ether oxygens (including phenoxy) is 5. The molecule has 0 aromatic heterocycles. The summed E-state index contributed by atoms with van der Waals surface area (Å²) in [6.45, 7) is 13.2. The van der Waals surface area contributed by atoms with Gasteiger partial charge in [-0.2, -0.15) is 0 Å². The average Bonchev–Trinajstić information content (AvgIpc) is 3.38. The van der Waals surface area contributed by atoms with Gasteiger partial charge in [-0.3, -0.25) is 14.4 Å². The monoisotopic (exact) mass is 1010 g/mol. The second-order valence-electron chi connectivity index (χ2n) is 15.9. The molecule has 73 heavy (non-hydrogen) atoms. The molecule has 0 atom stereocenters. The lowest BCUT2D eigenvalue weighted by Crippen LogP contribution is -2.31. The van der Waals surface area contributed by atoms with E-state index in [1.54, 1.807) is 18.2 Å². The largest absolute Gasteiger partial charge is 0.379 e. The van der Waals surface area contributed by atoms with Gasteiger partial charge in [-0.15, -0.1) is 6.42 Å². The molecule has 1 aliphatic heterocycles. The van der Waals surface area contributed by atoms with Crippen molar-refractivity contribution in [3.8, 4) is 24.2 Å². The average molecular weight is 1010 g/mol. The van der Waals surface area contributed by atoms with Crippen molar-refractivity contribution in [3.63, 3.8) is 0 Å². The van der Waals surface area contributed by atoms with Crippen molar-refractivity contribution in [1.29, 1.82) is 0 Å². The van der Waals surface area contributed by atoms with E-state index < -0.39 is 13.3 Å². The van der Waals surface area contributed by atoms with Gasteiger partial charge in [-0.05, 0) is 91.9 Å². The molecule has 1 amide bonds. The van der Waals surface area contributed by atoms with Crippen LogP contribution in [0.3, 0.4) is 0 Å². The van der Waals surface area contributed by atoms with Crippen LogP contribution in [-0.4, -0.2) is 96.9 Å². The Labute approximate surface area is 434 Å². The van der Waals surface area contributed by atoms with Crippen LogP contribution in [0.25, 0.3) is 6.08 Å². The van der Waals surface area contributed by atoms with E-state index in [1.165, 1.54) is 62.6 Å². The minimum atomic E-state index is -0.453. The molecule has 0 saturated carbocycles. The number of rotatable bonds is 28. The van der Waals surface area contributed by atoms with Crippen molar-refractivity contribution in [3.05, 3.63) is 143 Å². The zero-order valence-electron chi connectivity index (χ0n) is 42.6. The first-order valence-corrected chi connectivity index (χ1v) is 24.6. The quantitative estimate of drug-likeness (QED) is 0.0240. The lowest BCUT2D eigenvalue weighted by Gasteiger charge is -2.26. The Kier molecular flexibility index (Phi) is 42.2. The number of alkyl halides is 2. The number of fused-ring (bicyclic) bond motifs is 2. The Balaban J connectivity index is 0.000000998. The summed E-state index contributed by atoms with van der Waals surface area (Å²) in [5, 5.41) is 0. The maximum Gasteiger partial charge on any atom is 0.227 e. The molecule has 1 aliphatic rings. The Morgan fingerprint density at radius 3 is 1.70 bits per heavy atom. The fourth-order valence-corrected chi connectivity index (χ4v) is 6.26. The van der Waals surface area contributed by atoms with E-state index in [0.717, 1.165) is 53.8 Å². The molecule has 4 aromatic rings. The van der Waals surface area contributed by atoms with Crippen molar-refractivity contribution >= 4 is 29.2 Å². The molecule has 0 fully saturated rings. The van der Waals surface area contributed by atoms with Gasteiger partial charge < -0.3 is 28.6 Å². The summed E-state index contributed by atoms with van der Waals surface area (Å²) < 4.78 is 72.1. The summed E-state index contributed by atoms with van der Waals surface area (Å²) in [6.07, 6.45) is 15.5. The summed E-state index contributed by atoms with van der Waals surface area (Å²) in [6, 6.07) is 27.5. The number of terminal acetylenes is 1. The number of unbranched alkanes of at least 4 members (excludes halogenated alkanes) is 4. The van der Waals surface area contributed by atoms with E-state index in [0.29, 0.717) is 84.0 Å². The SMILES string of the molecule is C.C#CCOCCOCCOCC[18F].C=Cc1ccc([18F])cc1.CC(=O)c1ccc([18F])cc1.CCCCCCCC(=O)CCCC(=O)N1Cc2ccccc2C#Cc2ccccc21.CCCOCCOCC[18F]. The molecular weight excluding hydrogens is 935 g/mol. The highest BCUT2D eigenvalue weighted by atomic mass is 18.2. The highest BCUT2D eigenvalue weighted by Crippen LogP contribution is 2.26. The first-order chi connectivity index (χ1) is 35.0. The number of nitrogens with zero attached hydrogens (tertiary/aromatic N) is 1. The van der Waals surface area contributed by atoms with Gasteiger partial charge in [0.05, 0.1) is 65.1 Å². The topological polar surface area (TPSA) is 101 Å². The highest BCUT2D eigenvalue weighted by molar-refractivity contribution is 5.95. The van der Waals surface area contributed by atoms with Gasteiger partial charge in [-0.25, -0.2) is 17.6 Å². The van der Waals surface area contributed by atoms with E-state index in [4.69, 9.17) is 30.1 Å². The second kappa shape index (κ2) is 45.9. The molecule has 0 unspecified atom stereocenters. The number of hydrogen-bond acceptors (Lipinski definition) is 8. The van der Waals surface area contributed by atoms with Gasteiger partial charge in [0, 0.05) is 42.6 Å². The zero-order chi connectivity index (χ0) is 52.9. The number of Topliss-reactive ketones (excluding diaryl/α,β-unsaturated/α-hetero) is 2. The molecule has 4 aromatic carbocycles. The molecular formula is C60H79F4NO8. The molecule has 1 heterocycles. The fourth-order valence-electron chi connectivity index (χ4n) is 6.26. The minimum absolute atomic E-state index is 0. The van der Waals surface area contributed by atoms with Crippen LogP contribution in [0.2, 0.25) is 0 Å². The predicted molar refractivity (Wildman–Crippen MR) is 287 cm³/mol. The third-order valence-corrected chi connectivity index (χ3v) is 10.0. The number of hydrogen-bond donors (Lipinski definition) is 0. The highest BCUT2D eigenvalue weighted by Gasteiger charge is 2.21. The van der Waals surface area contributed by atoms with Crippen LogP contribution in [0.1, 0.15) is 125 Å². The van der Waals surface area contributed by atoms with Gasteiger partial charge in [0.2, 0.25) is 5.91 Å². The van der Waals surface area contributed by atoms with Crippen LogP contribution in [-0.2, 0) is 39.8 Å². The van der Waals surface area contributed by atoms with E-state index in [-0.39, 0.29) is 49.7 Å². The van der Waals surface area contributed by atoms with Crippen LogP contribution in [0, 0.1) is 35.8 Å². The van der Waals surface area contributed by atoms with Crippen molar-refractivity contribution in [2.75, 3.05) is 84.3 Å². The molecule has 0 spiro atoms. The van der Waals surface area contributed by atoms with Gasteiger partial charge in [0.1, 0.15) is 37.4 Å². The Morgan fingerprint density at radius 2 is 1.14 bits per heavy atom. The number of benzene rings is 4. The van der Waals surface area contributed by atoms with Crippen LogP contribution < -0.4 is 4.90 Å². The van der Waals surface area contributed by atoms with E-state index in [2.05, 4.69) is 31.3 Å². The van der Waals surface area contributed by atoms with E-state index in [1.807, 2.05) is 60.4 Å². The van der Waals surface area contributed by atoms with Crippen LogP contribution in [0.5, 0.6) is 0 Å². The van der Waals surface area contributed by atoms with Crippen molar-refractivity contribution in [1.82, 2.24) is 0 Å². The van der Waals surface area contributed by atoms with Crippen molar-refractivity contribution < 1.29 is 55.6 Å². The Bertz CT molecular complexity index is 2160. The number of anilines is 1. The molecule has 0 N–H and O–H groups in total. The second-order valence-corrected chi connectivity index (χ2v) is 15.9. The van der Waals surface area contributed by atoms with Crippen LogP contribution in [0.15, 0.2) is 104 Å². The van der Waals surface area contributed by atoms with Crippen LogP contribution >= 0.6 is 0 Å². The first-order valence-electron chi connectivity index (χ1n) is 24.6. The maximum absolute atomic E-state index is 13.1. The normalized spacial score (nSPS) is 10.5. The molecule has 400 valence electrons. The molecule has 5 rings (SSSR count). The third-order valence-electron chi connectivity index (χ3n) is 10.0. The number of para-hydroxylation sites is 1. The summed E-state index contributed by atoms with van der Waals surface area (Å²) in [7, 11) is 0. The van der Waals surface area contributed by atoms with Crippen LogP contribution in [0.4, 0.5) is 23.2 Å². The molecule has 13 heteroatoms. The standard InChI is InChI=1S/C27H31NO2.C9H15FO3.C8H7FO.C8H7F.C7H15FO2.CH4/c1-2-3-4-5-6-15-25(29)16-11-18-27(30)28-21-24-14-8-7-12-22(24)19-20-23-13-9-10-17-26(23)28;1-2-4-11-6-8-13-9-7-12-5-3-10;1-6(10)7-2-4-8(9)5-3-7;1-2-7-3-5-8(9)6-4-7;1-2-4-9-6-7-10-5-3-8;/h7-10,12-14,17H,2-6,11,15-16,18,21H2,1H3;1H,3-9H2;2-5H,1H3;2-6H,1H2;2-7H2,1H3;1H4/i;10-1;2*9-1;8-1;. The fraction of sp³-hybridized carbons (Fsp3) is 0.450. The number of ketones is 2. The van der Waals surface area contributed by atoms with Crippen molar-refractivity contribution in [2.24, 2.45) is 0 Å². The van der Waals surface area contributed by atoms with E-state index >= 15 is 0 Å². The van der Waals surface area contributed by atoms with Gasteiger partial charge in [0.25, 0.3) is 0 Å². The third kappa shape index (κ3) is 34.2. The first kappa shape index (κ1) is 67.1. The lowest BCUT2D eigenvalue weighted by molar-refractivity contribution is -0.120. The predicted octanol–water partition coefficient (Wildman–Crippen LogP) is 13.2. The minimum Gasteiger partial charge on any atom is -0.379 e. The molecule has 0 bridgehead atoms. The molecule has 9 nitrogen and oxygen atoms in total. The lowest BCUT2D eigenvalue weighted by atomic mass is 10.0. The summed E-state index contributed by atoms with van der Waals surface area (Å²) in [5.41, 5.74) is 5.21. The number of halogens is 4. The summed E-state index contributed by atoms with van der Waals surface area (Å²) in [4.78, 5) is 37.7. The smallest absolute Gasteiger partial charge is 0.227 e.